The van der Waals surface area contributed by atoms with Crippen molar-refractivity contribution in [1.29, 1.82) is 0 Å². The average Bonchev–Trinajstić information content (AvgIpc) is 3.44. The molecule has 34 heavy (non-hydrogen) atoms. The first kappa shape index (κ1) is 17.9. The fraction of sp³-hybridized carbons (Fsp3) is 0. The van der Waals surface area contributed by atoms with Crippen LogP contribution in [0.1, 0.15) is 0 Å². The third-order valence-corrected chi connectivity index (χ3v) is 7.18. The van der Waals surface area contributed by atoms with E-state index in [4.69, 9.17) is 4.42 Å². The van der Waals surface area contributed by atoms with E-state index in [-0.39, 0.29) is 0 Å². The standard InChI is InChI=1S/C32H19NO/c1-2-8-21-16-22(13-12-19(21)6-1)24-10-5-11-26-28-17-29-27(18-30(28)34-32(24)26)25-15-14-20-7-3-4-9-23(20)31(25)33-29/h1-18,33H. The first-order valence-electron chi connectivity index (χ1n) is 11.6. The Hall–Kier alpha value is -4.56. The molecule has 0 saturated carbocycles. The smallest absolute Gasteiger partial charge is 0.143 e. The van der Waals surface area contributed by atoms with Gasteiger partial charge in [-0.1, -0.05) is 91.0 Å². The molecule has 0 radical (unpaired) electrons. The van der Waals surface area contributed by atoms with Crippen LogP contribution in [-0.2, 0) is 0 Å². The molecule has 6 aromatic carbocycles. The highest BCUT2D eigenvalue weighted by Gasteiger charge is 2.15. The second kappa shape index (κ2) is 6.49. The number of fused-ring (bicyclic) bond motifs is 9. The minimum Gasteiger partial charge on any atom is -0.455 e. The Morgan fingerprint density at radius 2 is 1.29 bits per heavy atom. The van der Waals surface area contributed by atoms with Gasteiger partial charge in [-0.2, -0.15) is 0 Å². The number of hydrogen-bond acceptors (Lipinski definition) is 1. The first-order chi connectivity index (χ1) is 16.8. The molecule has 8 aromatic rings. The van der Waals surface area contributed by atoms with E-state index in [1.54, 1.807) is 0 Å². The molecular formula is C32H19NO. The van der Waals surface area contributed by atoms with Crippen molar-refractivity contribution < 1.29 is 4.42 Å². The van der Waals surface area contributed by atoms with Gasteiger partial charge in [-0.15, -0.1) is 0 Å². The van der Waals surface area contributed by atoms with E-state index in [9.17, 15) is 0 Å². The van der Waals surface area contributed by atoms with Crippen LogP contribution in [0, 0.1) is 0 Å². The molecule has 0 unspecified atom stereocenters. The summed E-state index contributed by atoms with van der Waals surface area (Å²) in [6.45, 7) is 0. The van der Waals surface area contributed by atoms with Crippen LogP contribution >= 0.6 is 0 Å². The number of H-pyrrole nitrogens is 1. The number of benzene rings is 6. The molecule has 0 bridgehead atoms. The lowest BCUT2D eigenvalue weighted by molar-refractivity contribution is 0.670. The van der Waals surface area contributed by atoms with Gasteiger partial charge in [0.05, 0.1) is 5.52 Å². The SMILES string of the molecule is c1ccc2cc(-c3cccc4c3oc3cc5c(cc34)[nH]c3c4ccccc4ccc53)ccc2c1. The van der Waals surface area contributed by atoms with Crippen LogP contribution in [0.25, 0.3) is 76.4 Å². The molecule has 2 heteroatoms. The summed E-state index contributed by atoms with van der Waals surface area (Å²) >= 11 is 0. The number of para-hydroxylation sites is 1. The van der Waals surface area contributed by atoms with Gasteiger partial charge in [0.15, 0.2) is 0 Å². The van der Waals surface area contributed by atoms with Crippen LogP contribution < -0.4 is 0 Å². The molecule has 2 heterocycles. The zero-order valence-electron chi connectivity index (χ0n) is 18.3. The predicted octanol–water partition coefficient (Wildman–Crippen LogP) is 9.19. The molecule has 1 N–H and O–H groups in total. The molecule has 0 atom stereocenters. The van der Waals surface area contributed by atoms with E-state index in [2.05, 4.69) is 114 Å². The highest BCUT2D eigenvalue weighted by molar-refractivity contribution is 6.21. The van der Waals surface area contributed by atoms with Crippen LogP contribution in [0.4, 0.5) is 0 Å². The largest absolute Gasteiger partial charge is 0.455 e. The predicted molar refractivity (Wildman–Crippen MR) is 144 cm³/mol. The Labute approximate surface area is 195 Å². The van der Waals surface area contributed by atoms with E-state index in [0.29, 0.717) is 0 Å². The fourth-order valence-electron chi connectivity index (χ4n) is 5.52. The number of rotatable bonds is 1. The maximum absolute atomic E-state index is 6.55. The summed E-state index contributed by atoms with van der Waals surface area (Å²) in [7, 11) is 0. The molecule has 0 aliphatic heterocycles. The maximum atomic E-state index is 6.55. The number of nitrogens with one attached hydrogen (secondary N) is 1. The van der Waals surface area contributed by atoms with Crippen LogP contribution in [0.3, 0.4) is 0 Å². The first-order valence-corrected chi connectivity index (χ1v) is 11.6. The van der Waals surface area contributed by atoms with E-state index >= 15 is 0 Å². The molecule has 0 amide bonds. The van der Waals surface area contributed by atoms with Crippen molar-refractivity contribution in [2.75, 3.05) is 0 Å². The molecule has 0 spiro atoms. The van der Waals surface area contributed by atoms with Crippen LogP contribution in [-0.4, -0.2) is 4.98 Å². The molecule has 2 nitrogen and oxygen atoms in total. The van der Waals surface area contributed by atoms with E-state index < -0.39 is 0 Å². The van der Waals surface area contributed by atoms with E-state index in [1.807, 2.05) is 0 Å². The normalized spacial score (nSPS) is 12.1. The van der Waals surface area contributed by atoms with Crippen molar-refractivity contribution in [3.8, 4) is 11.1 Å². The van der Waals surface area contributed by atoms with Gasteiger partial charge in [-0.05, 0) is 39.9 Å². The second-order valence-electron chi connectivity index (χ2n) is 9.07. The lowest BCUT2D eigenvalue weighted by Crippen LogP contribution is -1.80. The summed E-state index contributed by atoms with van der Waals surface area (Å²) < 4.78 is 6.55. The Balaban J connectivity index is 1.41. The molecule has 8 rings (SSSR count). The number of furan rings is 1. The molecular weight excluding hydrogens is 414 g/mol. The molecule has 0 saturated heterocycles. The molecule has 158 valence electrons. The summed E-state index contributed by atoms with van der Waals surface area (Å²) in [4.78, 5) is 3.69. The van der Waals surface area contributed by atoms with Crippen molar-refractivity contribution in [3.63, 3.8) is 0 Å². The molecule has 0 aliphatic rings. The summed E-state index contributed by atoms with van der Waals surface area (Å²) in [5.74, 6) is 0. The topological polar surface area (TPSA) is 28.9 Å². The Morgan fingerprint density at radius 1 is 0.500 bits per heavy atom. The van der Waals surface area contributed by atoms with E-state index in [0.717, 1.165) is 33.0 Å². The van der Waals surface area contributed by atoms with Gasteiger partial charge >= 0.3 is 0 Å². The van der Waals surface area contributed by atoms with Gasteiger partial charge in [0.2, 0.25) is 0 Å². The summed E-state index contributed by atoms with van der Waals surface area (Å²) in [6.07, 6.45) is 0. The Bertz CT molecular complexity index is 2070. The number of hydrogen-bond donors (Lipinski definition) is 1. The monoisotopic (exact) mass is 433 g/mol. The van der Waals surface area contributed by atoms with Crippen molar-refractivity contribution in [2.24, 2.45) is 0 Å². The van der Waals surface area contributed by atoms with Gasteiger partial charge in [-0.3, -0.25) is 0 Å². The van der Waals surface area contributed by atoms with Crippen molar-refractivity contribution >= 4 is 65.3 Å². The van der Waals surface area contributed by atoms with E-state index in [1.165, 1.54) is 43.4 Å². The van der Waals surface area contributed by atoms with Crippen molar-refractivity contribution in [3.05, 3.63) is 109 Å². The van der Waals surface area contributed by atoms with Gasteiger partial charge in [0.1, 0.15) is 11.2 Å². The molecule has 2 aromatic heterocycles. The third-order valence-electron chi connectivity index (χ3n) is 7.18. The zero-order valence-corrected chi connectivity index (χ0v) is 18.3. The molecule has 0 aliphatic carbocycles. The zero-order chi connectivity index (χ0) is 22.2. The quantitative estimate of drug-likeness (QED) is 0.275. The Kier molecular flexibility index (Phi) is 3.42. The summed E-state index contributed by atoms with van der Waals surface area (Å²) in [6, 6.07) is 38.9. The molecule has 0 fully saturated rings. The summed E-state index contributed by atoms with van der Waals surface area (Å²) in [5.41, 5.74) is 6.48. The lowest BCUT2D eigenvalue weighted by atomic mass is 9.99. The fourth-order valence-corrected chi connectivity index (χ4v) is 5.52. The highest BCUT2D eigenvalue weighted by Crippen LogP contribution is 2.40. The minimum atomic E-state index is 0.921. The van der Waals surface area contributed by atoms with Gasteiger partial charge in [0.25, 0.3) is 0 Å². The maximum Gasteiger partial charge on any atom is 0.143 e. The van der Waals surface area contributed by atoms with Crippen molar-refractivity contribution in [1.82, 2.24) is 4.98 Å². The highest BCUT2D eigenvalue weighted by atomic mass is 16.3. The van der Waals surface area contributed by atoms with Gasteiger partial charge < -0.3 is 9.40 Å². The van der Waals surface area contributed by atoms with Crippen molar-refractivity contribution in [2.45, 2.75) is 0 Å². The van der Waals surface area contributed by atoms with Crippen LogP contribution in [0.15, 0.2) is 114 Å². The number of aromatic nitrogens is 1. The second-order valence-corrected chi connectivity index (χ2v) is 9.07. The van der Waals surface area contributed by atoms with Crippen LogP contribution in [0.2, 0.25) is 0 Å². The van der Waals surface area contributed by atoms with Gasteiger partial charge in [0, 0.05) is 38.0 Å². The van der Waals surface area contributed by atoms with Crippen LogP contribution in [0.5, 0.6) is 0 Å². The number of aromatic amines is 1. The average molecular weight is 434 g/mol. The lowest BCUT2D eigenvalue weighted by Gasteiger charge is -2.05. The van der Waals surface area contributed by atoms with Gasteiger partial charge in [-0.25, -0.2) is 0 Å². The minimum absolute atomic E-state index is 0.921. The summed E-state index contributed by atoms with van der Waals surface area (Å²) in [5, 5.41) is 9.68. The third kappa shape index (κ3) is 2.40. The Morgan fingerprint density at radius 3 is 2.24 bits per heavy atom.